The number of piperazine rings is 1. The summed E-state index contributed by atoms with van der Waals surface area (Å²) in [6.45, 7) is 12.0. The summed E-state index contributed by atoms with van der Waals surface area (Å²) in [5.74, 6) is 0.652. The lowest BCUT2D eigenvalue weighted by molar-refractivity contribution is -0.143. The van der Waals surface area contributed by atoms with Gasteiger partial charge in [-0.1, -0.05) is 36.4 Å². The molecular formula is C31H38N6O3. The van der Waals surface area contributed by atoms with Crippen molar-refractivity contribution in [2.75, 3.05) is 31.1 Å². The van der Waals surface area contributed by atoms with Crippen LogP contribution in [0.1, 0.15) is 46.2 Å². The van der Waals surface area contributed by atoms with E-state index in [9.17, 15) is 9.59 Å². The van der Waals surface area contributed by atoms with E-state index in [1.165, 1.54) is 0 Å². The van der Waals surface area contributed by atoms with E-state index in [-0.39, 0.29) is 35.8 Å². The maximum absolute atomic E-state index is 13.0. The van der Waals surface area contributed by atoms with Crippen molar-refractivity contribution in [3.05, 3.63) is 76.8 Å². The van der Waals surface area contributed by atoms with Gasteiger partial charge in [-0.15, -0.1) is 0 Å². The van der Waals surface area contributed by atoms with E-state index in [2.05, 4.69) is 33.9 Å². The first-order valence-electron chi connectivity index (χ1n) is 13.8. The highest BCUT2D eigenvalue weighted by Crippen LogP contribution is 2.27. The van der Waals surface area contributed by atoms with Gasteiger partial charge in [0.1, 0.15) is 6.61 Å². The van der Waals surface area contributed by atoms with Crippen molar-refractivity contribution >= 4 is 22.8 Å². The number of aromatic nitrogens is 4. The molecule has 2 aromatic carbocycles. The predicted molar refractivity (Wildman–Crippen MR) is 158 cm³/mol. The Kier molecular flexibility index (Phi) is 7.51. The summed E-state index contributed by atoms with van der Waals surface area (Å²) < 4.78 is 9.42. The van der Waals surface area contributed by atoms with E-state index in [0.29, 0.717) is 31.0 Å². The third-order valence-corrected chi connectivity index (χ3v) is 7.57. The van der Waals surface area contributed by atoms with Crippen LogP contribution in [-0.4, -0.2) is 68.0 Å². The summed E-state index contributed by atoms with van der Waals surface area (Å²) in [5, 5.41) is 0.681. The first kappa shape index (κ1) is 27.6. The van der Waals surface area contributed by atoms with Crippen molar-refractivity contribution in [2.45, 2.75) is 52.3 Å². The van der Waals surface area contributed by atoms with E-state index in [0.717, 1.165) is 22.2 Å². The quantitative estimate of drug-likeness (QED) is 0.362. The van der Waals surface area contributed by atoms with Gasteiger partial charge in [0.2, 0.25) is 11.9 Å². The second kappa shape index (κ2) is 10.9. The fourth-order valence-electron chi connectivity index (χ4n) is 5.36. The molecule has 0 radical (unpaired) electrons. The smallest absolute Gasteiger partial charge is 0.274 e. The Morgan fingerprint density at radius 3 is 2.40 bits per heavy atom. The summed E-state index contributed by atoms with van der Waals surface area (Å²) in [5.41, 5.74) is 3.45. The minimum Gasteiger partial charge on any atom is -0.366 e. The zero-order chi connectivity index (χ0) is 28.6. The number of rotatable bonds is 6. The summed E-state index contributed by atoms with van der Waals surface area (Å²) in [7, 11) is 1.81. The number of nitrogens with zero attached hydrogens (tertiary/aromatic N) is 6. The van der Waals surface area contributed by atoms with Crippen molar-refractivity contribution in [3.63, 3.8) is 0 Å². The van der Waals surface area contributed by atoms with Gasteiger partial charge >= 0.3 is 0 Å². The predicted octanol–water partition coefficient (Wildman–Crippen LogP) is 4.26. The zero-order valence-corrected chi connectivity index (χ0v) is 24.2. The molecule has 1 aliphatic heterocycles. The van der Waals surface area contributed by atoms with Crippen LogP contribution in [0.25, 0.3) is 22.0 Å². The van der Waals surface area contributed by atoms with Gasteiger partial charge in [-0.25, -0.2) is 9.97 Å². The Labute approximate surface area is 235 Å². The highest BCUT2D eigenvalue weighted by atomic mass is 16.5. The van der Waals surface area contributed by atoms with Gasteiger partial charge in [0.05, 0.1) is 22.5 Å². The van der Waals surface area contributed by atoms with Gasteiger partial charge in [-0.2, -0.15) is 0 Å². The minimum atomic E-state index is -0.348. The standard InChI is InChI=1S/C31H38N6O3/c1-21-19-35(14-15-36(21)28(38)20-40-31(3,4)5)30-32-17-25(18-33-30)24-12-13-26-27(16-24)37(34(6)29(26)39)22(2)23-10-8-7-9-11-23/h7-13,16-18,21-22H,14-15,19-20H2,1-6H3. The zero-order valence-electron chi connectivity index (χ0n) is 24.2. The van der Waals surface area contributed by atoms with Crippen LogP contribution in [-0.2, 0) is 16.6 Å². The summed E-state index contributed by atoms with van der Waals surface area (Å²) in [6.07, 6.45) is 3.66. The van der Waals surface area contributed by atoms with Gasteiger partial charge in [-0.3, -0.25) is 19.0 Å². The molecule has 0 saturated carbocycles. The Bertz CT molecular complexity index is 1550. The fourth-order valence-corrected chi connectivity index (χ4v) is 5.36. The van der Waals surface area contributed by atoms with Crippen molar-refractivity contribution in [1.29, 1.82) is 0 Å². The monoisotopic (exact) mass is 542 g/mol. The van der Waals surface area contributed by atoms with Gasteiger partial charge in [-0.05, 0) is 57.9 Å². The Balaban J connectivity index is 1.34. The number of amides is 1. The number of benzene rings is 2. The van der Waals surface area contributed by atoms with Crippen molar-refractivity contribution in [1.82, 2.24) is 24.2 Å². The molecule has 0 aliphatic carbocycles. The third-order valence-electron chi connectivity index (χ3n) is 7.57. The Hall–Kier alpha value is -3.98. The van der Waals surface area contributed by atoms with Crippen LogP contribution in [0.2, 0.25) is 0 Å². The second-order valence-electron chi connectivity index (χ2n) is 11.5. The van der Waals surface area contributed by atoms with Gasteiger partial charge < -0.3 is 14.5 Å². The molecule has 1 saturated heterocycles. The van der Waals surface area contributed by atoms with Gasteiger partial charge in [0.25, 0.3) is 5.56 Å². The number of anilines is 1. The summed E-state index contributed by atoms with van der Waals surface area (Å²) in [4.78, 5) is 39.0. The Morgan fingerprint density at radius 1 is 1.05 bits per heavy atom. The number of carbonyl (C=O) groups is 1. The van der Waals surface area contributed by atoms with Crippen LogP contribution in [0, 0.1) is 0 Å². The van der Waals surface area contributed by atoms with Crippen LogP contribution in [0.4, 0.5) is 5.95 Å². The van der Waals surface area contributed by atoms with E-state index >= 15 is 0 Å². The first-order valence-corrected chi connectivity index (χ1v) is 13.8. The SMILES string of the molecule is CC1CN(c2ncc(-c3ccc4c(=O)n(C)n(C(C)c5ccccc5)c4c3)cn2)CCN1C(=O)COC(C)(C)C. The normalized spacial score (nSPS) is 16.9. The lowest BCUT2D eigenvalue weighted by Crippen LogP contribution is -2.55. The number of ether oxygens (including phenoxy) is 1. The molecule has 2 atom stereocenters. The molecule has 0 N–H and O–H groups in total. The molecule has 1 amide bonds. The molecule has 5 rings (SSSR count). The molecule has 3 heterocycles. The first-order chi connectivity index (χ1) is 19.0. The molecule has 2 aromatic heterocycles. The van der Waals surface area contributed by atoms with Crippen LogP contribution in [0.3, 0.4) is 0 Å². The maximum Gasteiger partial charge on any atom is 0.274 e. The van der Waals surface area contributed by atoms with Crippen molar-refractivity contribution in [2.24, 2.45) is 7.05 Å². The van der Waals surface area contributed by atoms with Gasteiger partial charge in [0, 0.05) is 50.7 Å². The average molecular weight is 543 g/mol. The second-order valence-corrected chi connectivity index (χ2v) is 11.5. The molecule has 2 unspecified atom stereocenters. The summed E-state index contributed by atoms with van der Waals surface area (Å²) in [6, 6.07) is 16.1. The molecule has 40 heavy (non-hydrogen) atoms. The van der Waals surface area contributed by atoms with E-state index < -0.39 is 0 Å². The van der Waals surface area contributed by atoms with E-state index in [4.69, 9.17) is 4.74 Å². The molecule has 9 heteroatoms. The number of carbonyl (C=O) groups excluding carboxylic acids is 1. The number of hydrogen-bond acceptors (Lipinski definition) is 6. The molecule has 210 valence electrons. The molecule has 0 spiro atoms. The molecular weight excluding hydrogens is 504 g/mol. The lowest BCUT2D eigenvalue weighted by atomic mass is 10.1. The number of fused-ring (bicyclic) bond motifs is 1. The average Bonchev–Trinajstić information content (AvgIpc) is 3.20. The van der Waals surface area contributed by atoms with E-state index in [1.54, 1.807) is 4.68 Å². The summed E-state index contributed by atoms with van der Waals surface area (Å²) >= 11 is 0. The minimum absolute atomic E-state index is 0.00899. The van der Waals surface area contributed by atoms with Crippen LogP contribution >= 0.6 is 0 Å². The third kappa shape index (κ3) is 5.51. The molecule has 4 aromatic rings. The molecule has 1 aliphatic rings. The van der Waals surface area contributed by atoms with Crippen molar-refractivity contribution < 1.29 is 9.53 Å². The Morgan fingerprint density at radius 2 is 1.75 bits per heavy atom. The lowest BCUT2D eigenvalue weighted by Gasteiger charge is -2.40. The van der Waals surface area contributed by atoms with Crippen LogP contribution in [0.15, 0.2) is 65.7 Å². The topological polar surface area (TPSA) is 85.5 Å². The molecule has 0 bridgehead atoms. The highest BCUT2D eigenvalue weighted by Gasteiger charge is 2.29. The molecule has 1 fully saturated rings. The van der Waals surface area contributed by atoms with E-state index in [1.807, 2.05) is 93.1 Å². The highest BCUT2D eigenvalue weighted by molar-refractivity contribution is 5.84. The van der Waals surface area contributed by atoms with Crippen LogP contribution in [0.5, 0.6) is 0 Å². The largest absolute Gasteiger partial charge is 0.366 e. The van der Waals surface area contributed by atoms with Crippen LogP contribution < -0.4 is 10.5 Å². The number of hydrogen-bond donors (Lipinski definition) is 0. The molecule has 9 nitrogen and oxygen atoms in total. The van der Waals surface area contributed by atoms with Crippen molar-refractivity contribution in [3.8, 4) is 11.1 Å². The van der Waals surface area contributed by atoms with Gasteiger partial charge in [0.15, 0.2) is 0 Å². The fraction of sp³-hybridized carbons (Fsp3) is 0.419. The maximum atomic E-state index is 13.0.